The van der Waals surface area contributed by atoms with Crippen LogP contribution in [0.4, 0.5) is 0 Å². The number of unbranched alkanes of at least 4 members (excludes halogenated alkanes) is 2. The zero-order valence-electron chi connectivity index (χ0n) is 18.6. The van der Waals surface area contributed by atoms with Crippen molar-refractivity contribution in [2.45, 2.75) is 110 Å². The van der Waals surface area contributed by atoms with Crippen molar-refractivity contribution in [2.75, 3.05) is 6.61 Å². The van der Waals surface area contributed by atoms with E-state index in [0.29, 0.717) is 0 Å². The van der Waals surface area contributed by atoms with Crippen LogP contribution in [0.1, 0.15) is 115 Å². The van der Waals surface area contributed by atoms with Crippen LogP contribution < -0.4 is 4.74 Å². The fraction of sp³-hybridized carbons (Fsp3) is 0.778. The molecule has 0 atom stereocenters. The molecule has 1 nitrogen and oxygen atoms in total. The van der Waals surface area contributed by atoms with Crippen molar-refractivity contribution in [3.05, 3.63) is 29.8 Å². The van der Waals surface area contributed by atoms with Crippen molar-refractivity contribution in [2.24, 2.45) is 17.8 Å². The molecule has 1 heteroatoms. The Hall–Kier alpha value is -0.980. The number of rotatable bonds is 10. The topological polar surface area (TPSA) is 9.23 Å². The van der Waals surface area contributed by atoms with Crippen LogP contribution in [0.15, 0.2) is 24.3 Å². The van der Waals surface area contributed by atoms with Crippen LogP contribution in [-0.4, -0.2) is 6.61 Å². The van der Waals surface area contributed by atoms with E-state index in [9.17, 15) is 0 Å². The molecule has 0 radical (unpaired) electrons. The molecule has 1 aromatic carbocycles. The minimum atomic E-state index is 0.780. The number of hydrogen-bond acceptors (Lipinski definition) is 1. The quantitative estimate of drug-likeness (QED) is 0.367. The average Bonchev–Trinajstić information content (AvgIpc) is 2.73. The van der Waals surface area contributed by atoms with Gasteiger partial charge in [-0.25, -0.2) is 0 Å². The lowest BCUT2D eigenvalue weighted by atomic mass is 9.78. The highest BCUT2D eigenvalue weighted by Crippen LogP contribution is 2.36. The first-order valence-electron chi connectivity index (χ1n) is 12.5. The molecule has 2 fully saturated rings. The molecule has 28 heavy (non-hydrogen) atoms. The zero-order chi connectivity index (χ0) is 19.6. The molecule has 2 saturated carbocycles. The molecule has 0 heterocycles. The first-order valence-corrected chi connectivity index (χ1v) is 12.5. The monoisotopic (exact) mass is 384 g/mol. The second-order valence-corrected chi connectivity index (χ2v) is 9.90. The number of benzene rings is 1. The fourth-order valence-corrected chi connectivity index (χ4v) is 5.48. The molecule has 1 aromatic rings. The standard InChI is InChI=1S/C27H44O/c1-3-4-5-7-23-11-13-24(14-12-23)8-6-21-28-27-19-17-26(18-20-27)25-15-9-22(2)10-16-25/h17-20,22-25H,3-16,21H2,1-2H3/t22-,23-,24-,25-. The van der Waals surface area contributed by atoms with E-state index < -0.39 is 0 Å². The molecule has 2 aliphatic rings. The molecule has 3 rings (SSSR count). The summed E-state index contributed by atoms with van der Waals surface area (Å²) in [4.78, 5) is 0. The Labute approximate surface area is 174 Å². The van der Waals surface area contributed by atoms with E-state index in [2.05, 4.69) is 38.1 Å². The lowest BCUT2D eigenvalue weighted by Crippen LogP contribution is -2.15. The van der Waals surface area contributed by atoms with Gasteiger partial charge >= 0.3 is 0 Å². The van der Waals surface area contributed by atoms with Crippen LogP contribution in [0.25, 0.3) is 0 Å². The molecule has 0 amide bonds. The van der Waals surface area contributed by atoms with Crippen LogP contribution in [0.3, 0.4) is 0 Å². The van der Waals surface area contributed by atoms with E-state index >= 15 is 0 Å². The molecule has 0 aromatic heterocycles. The predicted octanol–water partition coefficient (Wildman–Crippen LogP) is 8.53. The summed E-state index contributed by atoms with van der Waals surface area (Å²) in [5.74, 6) is 4.76. The van der Waals surface area contributed by atoms with Crippen molar-refractivity contribution in [3.8, 4) is 5.75 Å². The van der Waals surface area contributed by atoms with Gasteiger partial charge in [-0.1, -0.05) is 90.2 Å². The van der Waals surface area contributed by atoms with Crippen molar-refractivity contribution in [3.63, 3.8) is 0 Å². The summed E-state index contributed by atoms with van der Waals surface area (Å²) in [5.41, 5.74) is 1.52. The summed E-state index contributed by atoms with van der Waals surface area (Å²) in [6.45, 7) is 5.59. The van der Waals surface area contributed by atoms with Crippen molar-refractivity contribution in [1.82, 2.24) is 0 Å². The average molecular weight is 385 g/mol. The minimum absolute atomic E-state index is 0.780. The summed E-state index contributed by atoms with van der Waals surface area (Å²) >= 11 is 0. The molecule has 0 aliphatic heterocycles. The van der Waals surface area contributed by atoms with Crippen LogP contribution in [0.5, 0.6) is 5.75 Å². The van der Waals surface area contributed by atoms with Crippen LogP contribution in [0, 0.1) is 17.8 Å². The second kappa shape index (κ2) is 11.9. The van der Waals surface area contributed by atoms with E-state index in [-0.39, 0.29) is 0 Å². The summed E-state index contributed by atoms with van der Waals surface area (Å²) in [5, 5.41) is 0. The molecule has 0 N–H and O–H groups in total. The molecular weight excluding hydrogens is 340 g/mol. The first-order chi connectivity index (χ1) is 13.7. The molecule has 0 saturated heterocycles. The van der Waals surface area contributed by atoms with E-state index in [4.69, 9.17) is 4.74 Å². The van der Waals surface area contributed by atoms with Gasteiger partial charge in [0.2, 0.25) is 0 Å². The smallest absolute Gasteiger partial charge is 0.119 e. The minimum Gasteiger partial charge on any atom is -0.494 e. The Kier molecular flexibility index (Phi) is 9.22. The highest BCUT2D eigenvalue weighted by atomic mass is 16.5. The van der Waals surface area contributed by atoms with Gasteiger partial charge in [-0.2, -0.15) is 0 Å². The Morgan fingerprint density at radius 1 is 0.750 bits per heavy atom. The van der Waals surface area contributed by atoms with Crippen molar-refractivity contribution in [1.29, 1.82) is 0 Å². The van der Waals surface area contributed by atoms with Crippen molar-refractivity contribution >= 4 is 0 Å². The van der Waals surface area contributed by atoms with Crippen LogP contribution in [-0.2, 0) is 0 Å². The van der Waals surface area contributed by atoms with Crippen LogP contribution in [0.2, 0.25) is 0 Å². The van der Waals surface area contributed by atoms with Gasteiger partial charge in [0, 0.05) is 0 Å². The second-order valence-electron chi connectivity index (χ2n) is 9.90. The maximum atomic E-state index is 6.04. The highest BCUT2D eigenvalue weighted by Gasteiger charge is 2.21. The van der Waals surface area contributed by atoms with Gasteiger partial charge in [0.15, 0.2) is 0 Å². The van der Waals surface area contributed by atoms with E-state index in [1.807, 2.05) is 0 Å². The van der Waals surface area contributed by atoms with E-state index in [0.717, 1.165) is 36.0 Å². The number of ether oxygens (including phenoxy) is 1. The normalized spacial score (nSPS) is 28.2. The van der Waals surface area contributed by atoms with Gasteiger partial charge < -0.3 is 4.74 Å². The summed E-state index contributed by atoms with van der Waals surface area (Å²) in [6.07, 6.45) is 19.7. The molecule has 0 unspecified atom stereocenters. The Bertz CT molecular complexity index is 518. The third kappa shape index (κ3) is 7.12. The largest absolute Gasteiger partial charge is 0.494 e. The van der Waals surface area contributed by atoms with Gasteiger partial charge in [-0.15, -0.1) is 0 Å². The van der Waals surface area contributed by atoms with Crippen molar-refractivity contribution < 1.29 is 4.74 Å². The van der Waals surface area contributed by atoms with Gasteiger partial charge in [0.1, 0.15) is 5.75 Å². The maximum absolute atomic E-state index is 6.04. The van der Waals surface area contributed by atoms with Gasteiger partial charge in [0.25, 0.3) is 0 Å². The third-order valence-corrected chi connectivity index (χ3v) is 7.58. The molecular formula is C27H44O. The van der Waals surface area contributed by atoms with E-state index in [1.54, 1.807) is 0 Å². The summed E-state index contributed by atoms with van der Waals surface area (Å²) in [6, 6.07) is 9.04. The Morgan fingerprint density at radius 3 is 1.96 bits per heavy atom. The molecule has 0 bridgehead atoms. The maximum Gasteiger partial charge on any atom is 0.119 e. The lowest BCUT2D eigenvalue weighted by molar-refractivity contribution is 0.228. The predicted molar refractivity (Wildman–Crippen MR) is 121 cm³/mol. The SMILES string of the molecule is CCCCC[C@H]1CC[C@H](CCCOc2ccc([C@H]3CC[C@H](C)CC3)cc2)CC1. The summed E-state index contributed by atoms with van der Waals surface area (Å²) in [7, 11) is 0. The van der Waals surface area contributed by atoms with E-state index in [1.165, 1.54) is 95.5 Å². The van der Waals surface area contributed by atoms with Gasteiger partial charge in [-0.3, -0.25) is 0 Å². The molecule has 0 spiro atoms. The van der Waals surface area contributed by atoms with Gasteiger partial charge in [-0.05, 0) is 67.1 Å². The zero-order valence-corrected chi connectivity index (χ0v) is 18.6. The Morgan fingerprint density at radius 2 is 1.36 bits per heavy atom. The fourth-order valence-electron chi connectivity index (χ4n) is 5.48. The molecule has 2 aliphatic carbocycles. The summed E-state index contributed by atoms with van der Waals surface area (Å²) < 4.78 is 6.04. The highest BCUT2D eigenvalue weighted by molar-refractivity contribution is 5.29. The third-order valence-electron chi connectivity index (χ3n) is 7.58. The lowest BCUT2D eigenvalue weighted by Gasteiger charge is -2.28. The Balaban J connectivity index is 1.27. The number of hydrogen-bond donors (Lipinski definition) is 0. The first kappa shape index (κ1) is 21.7. The van der Waals surface area contributed by atoms with Gasteiger partial charge in [0.05, 0.1) is 6.61 Å². The van der Waals surface area contributed by atoms with Crippen LogP contribution >= 0.6 is 0 Å². The molecule has 158 valence electrons.